The second kappa shape index (κ2) is 4.22. The van der Waals surface area contributed by atoms with Crippen molar-refractivity contribution >= 4 is 12.4 Å². The van der Waals surface area contributed by atoms with Crippen molar-refractivity contribution in [1.82, 2.24) is 9.97 Å². The van der Waals surface area contributed by atoms with Crippen molar-refractivity contribution in [2.75, 3.05) is 0 Å². The molecule has 0 amide bonds. The Balaban J connectivity index is 3.21. The van der Waals surface area contributed by atoms with Crippen LogP contribution in [0.4, 0.5) is 0 Å². The smallest absolute Gasteiger partial charge is 0.123 e. The Morgan fingerprint density at radius 2 is 1.50 bits per heavy atom. The van der Waals surface area contributed by atoms with Crippen LogP contribution in [0.5, 0.6) is 0 Å². The fourth-order valence-corrected chi connectivity index (χ4v) is 4.54. The highest BCUT2D eigenvalue weighted by atomic mass is 31.2. The zero-order chi connectivity index (χ0) is 10.8. The van der Waals surface area contributed by atoms with Crippen LogP contribution in [0.2, 0.25) is 0 Å². The Labute approximate surface area is 85.3 Å². The maximum absolute atomic E-state index is 12.7. The monoisotopic (exact) mass is 212 g/mol. The predicted octanol–water partition coefficient (Wildman–Crippen LogP) is 2.28. The molecule has 4 heteroatoms. The van der Waals surface area contributed by atoms with E-state index in [1.807, 2.05) is 27.7 Å². The van der Waals surface area contributed by atoms with E-state index in [-0.39, 0.29) is 11.3 Å². The van der Waals surface area contributed by atoms with Crippen LogP contribution < -0.4 is 5.30 Å². The first-order chi connectivity index (χ1) is 6.49. The van der Waals surface area contributed by atoms with Crippen LogP contribution in [0.15, 0.2) is 18.7 Å². The number of nitrogens with zero attached hydrogens (tertiary/aromatic N) is 2. The topological polar surface area (TPSA) is 42.9 Å². The minimum absolute atomic E-state index is 0.147. The lowest BCUT2D eigenvalue weighted by Crippen LogP contribution is -2.20. The molecular weight excluding hydrogens is 195 g/mol. The molecule has 1 heterocycles. The normalized spacial score (nSPS) is 12.4. The lowest BCUT2D eigenvalue weighted by molar-refractivity contribution is 0.569. The SMILES string of the molecule is CC(C)P(=O)(c1cncnc1)C(C)C. The van der Waals surface area contributed by atoms with Crippen LogP contribution >= 0.6 is 7.14 Å². The molecule has 0 spiro atoms. The molecule has 0 aromatic carbocycles. The average molecular weight is 212 g/mol. The fraction of sp³-hybridized carbons (Fsp3) is 0.600. The van der Waals surface area contributed by atoms with Crippen LogP contribution in [-0.4, -0.2) is 21.3 Å². The van der Waals surface area contributed by atoms with Crippen molar-refractivity contribution in [2.45, 2.75) is 39.0 Å². The first kappa shape index (κ1) is 11.4. The van der Waals surface area contributed by atoms with Gasteiger partial charge in [0.05, 0.1) is 0 Å². The van der Waals surface area contributed by atoms with Gasteiger partial charge in [-0.15, -0.1) is 0 Å². The Kier molecular flexibility index (Phi) is 3.43. The summed E-state index contributed by atoms with van der Waals surface area (Å²) in [5.74, 6) is 0. The fourth-order valence-electron chi connectivity index (χ4n) is 1.66. The van der Waals surface area contributed by atoms with Gasteiger partial charge in [0.1, 0.15) is 13.5 Å². The van der Waals surface area contributed by atoms with E-state index in [9.17, 15) is 4.57 Å². The van der Waals surface area contributed by atoms with Gasteiger partial charge >= 0.3 is 0 Å². The molecule has 1 aromatic rings. The molecule has 0 N–H and O–H groups in total. The van der Waals surface area contributed by atoms with Crippen molar-refractivity contribution in [1.29, 1.82) is 0 Å². The van der Waals surface area contributed by atoms with Crippen molar-refractivity contribution < 1.29 is 4.57 Å². The van der Waals surface area contributed by atoms with E-state index in [2.05, 4.69) is 9.97 Å². The molecule has 0 aliphatic carbocycles. The summed E-state index contributed by atoms with van der Waals surface area (Å²) in [5, 5.41) is 0.796. The highest BCUT2D eigenvalue weighted by molar-refractivity contribution is 7.72. The number of rotatable bonds is 3. The highest BCUT2D eigenvalue weighted by Crippen LogP contribution is 2.53. The number of aromatic nitrogens is 2. The third-order valence-electron chi connectivity index (χ3n) is 2.48. The average Bonchev–Trinajstić information content (AvgIpc) is 2.17. The molecule has 0 aliphatic rings. The summed E-state index contributed by atoms with van der Waals surface area (Å²) in [5.41, 5.74) is 0.294. The molecule has 78 valence electrons. The quantitative estimate of drug-likeness (QED) is 0.722. The van der Waals surface area contributed by atoms with Gasteiger partial charge in [0, 0.05) is 29.0 Å². The van der Waals surface area contributed by atoms with Crippen LogP contribution in [0.25, 0.3) is 0 Å². The van der Waals surface area contributed by atoms with E-state index in [0.29, 0.717) is 0 Å². The first-order valence-electron chi connectivity index (χ1n) is 4.84. The van der Waals surface area contributed by atoms with Crippen molar-refractivity contribution in [2.24, 2.45) is 0 Å². The van der Waals surface area contributed by atoms with Gasteiger partial charge < -0.3 is 4.57 Å². The van der Waals surface area contributed by atoms with Gasteiger partial charge in [0.15, 0.2) is 0 Å². The summed E-state index contributed by atoms with van der Waals surface area (Å²) in [4.78, 5) is 7.86. The molecule has 0 fully saturated rings. The molecule has 14 heavy (non-hydrogen) atoms. The number of hydrogen-bond acceptors (Lipinski definition) is 3. The molecule has 3 nitrogen and oxygen atoms in total. The van der Waals surface area contributed by atoms with E-state index in [1.54, 1.807) is 12.4 Å². The van der Waals surface area contributed by atoms with Crippen molar-refractivity contribution in [3.8, 4) is 0 Å². The van der Waals surface area contributed by atoms with Gasteiger partial charge in [-0.2, -0.15) is 0 Å². The second-order valence-electron chi connectivity index (χ2n) is 3.99. The van der Waals surface area contributed by atoms with Gasteiger partial charge in [-0.05, 0) is 0 Å². The summed E-state index contributed by atoms with van der Waals surface area (Å²) in [6, 6.07) is 0. The molecule has 0 saturated heterocycles. The maximum atomic E-state index is 12.7. The van der Waals surface area contributed by atoms with E-state index < -0.39 is 7.14 Å². The Bertz CT molecular complexity index is 323. The summed E-state index contributed by atoms with van der Waals surface area (Å²) >= 11 is 0. The Morgan fingerprint density at radius 3 is 1.86 bits per heavy atom. The third kappa shape index (κ3) is 1.88. The maximum Gasteiger partial charge on any atom is 0.123 e. The lowest BCUT2D eigenvalue weighted by atomic mass is 10.5. The van der Waals surface area contributed by atoms with Crippen molar-refractivity contribution in [3.63, 3.8) is 0 Å². The summed E-state index contributed by atoms with van der Waals surface area (Å²) in [6.07, 6.45) is 4.82. The minimum Gasteiger partial charge on any atom is -0.318 e. The molecule has 0 saturated carbocycles. The highest BCUT2D eigenvalue weighted by Gasteiger charge is 2.32. The van der Waals surface area contributed by atoms with E-state index in [0.717, 1.165) is 5.30 Å². The zero-order valence-corrected chi connectivity index (χ0v) is 10.0. The molecular formula is C10H17N2OP. The van der Waals surface area contributed by atoms with Gasteiger partial charge in [0.25, 0.3) is 0 Å². The zero-order valence-electron chi connectivity index (χ0n) is 9.14. The van der Waals surface area contributed by atoms with Crippen LogP contribution in [0, 0.1) is 0 Å². The summed E-state index contributed by atoms with van der Waals surface area (Å²) in [7, 11) is -2.34. The van der Waals surface area contributed by atoms with Crippen LogP contribution in [0.1, 0.15) is 27.7 Å². The van der Waals surface area contributed by atoms with Gasteiger partial charge in [-0.3, -0.25) is 0 Å². The number of hydrogen-bond donors (Lipinski definition) is 0. The van der Waals surface area contributed by atoms with Gasteiger partial charge in [-0.1, -0.05) is 27.7 Å². The molecule has 0 aliphatic heterocycles. The van der Waals surface area contributed by atoms with E-state index in [1.165, 1.54) is 6.33 Å². The first-order valence-corrected chi connectivity index (χ1v) is 6.69. The van der Waals surface area contributed by atoms with Crippen molar-refractivity contribution in [3.05, 3.63) is 18.7 Å². The Morgan fingerprint density at radius 1 is 1.07 bits per heavy atom. The van der Waals surface area contributed by atoms with Gasteiger partial charge in [0.2, 0.25) is 0 Å². The minimum atomic E-state index is -2.34. The van der Waals surface area contributed by atoms with Crippen LogP contribution in [0.3, 0.4) is 0 Å². The standard InChI is InChI=1S/C10H17N2OP/c1-8(2)14(13,9(3)4)10-5-11-7-12-6-10/h5-9H,1-4H3. The molecule has 0 unspecified atom stereocenters. The van der Waals surface area contributed by atoms with E-state index in [4.69, 9.17) is 0 Å². The largest absolute Gasteiger partial charge is 0.318 e. The van der Waals surface area contributed by atoms with Crippen LogP contribution in [-0.2, 0) is 4.57 Å². The molecule has 1 aromatic heterocycles. The molecule has 0 bridgehead atoms. The lowest BCUT2D eigenvalue weighted by Gasteiger charge is -2.25. The Hall–Kier alpha value is -0.690. The van der Waals surface area contributed by atoms with Gasteiger partial charge in [-0.25, -0.2) is 9.97 Å². The summed E-state index contributed by atoms with van der Waals surface area (Å²) in [6.45, 7) is 7.98. The summed E-state index contributed by atoms with van der Waals surface area (Å²) < 4.78 is 12.7. The van der Waals surface area contributed by atoms with E-state index >= 15 is 0 Å². The molecule has 1 rings (SSSR count). The predicted molar refractivity (Wildman–Crippen MR) is 59.5 cm³/mol. The second-order valence-corrected chi connectivity index (χ2v) is 7.99. The molecule has 0 atom stereocenters. The molecule has 0 radical (unpaired) electrons. The third-order valence-corrected chi connectivity index (χ3v) is 6.59.